The Kier molecular flexibility index (Phi) is 5.71. The second-order valence-corrected chi connectivity index (χ2v) is 6.97. The molecule has 1 saturated carbocycles. The number of aryl methyl sites for hydroxylation is 1. The van der Waals surface area contributed by atoms with Crippen molar-refractivity contribution in [3.05, 3.63) is 23.3 Å². The van der Waals surface area contributed by atoms with Crippen molar-refractivity contribution in [2.75, 3.05) is 20.3 Å². The Hall–Kier alpha value is -1.00. The van der Waals surface area contributed by atoms with Gasteiger partial charge < -0.3 is 10.1 Å². The van der Waals surface area contributed by atoms with E-state index in [0.717, 1.165) is 36.9 Å². The molecule has 0 spiro atoms. The number of hydrogen-bond donors (Lipinski definition) is 1. The predicted molar refractivity (Wildman–Crippen MR) is 85.3 cm³/mol. The van der Waals surface area contributed by atoms with E-state index in [-0.39, 0.29) is 0 Å². The molecule has 2 rings (SSSR count). The van der Waals surface area contributed by atoms with Gasteiger partial charge in [-0.25, -0.2) is 9.97 Å². The number of nitrogens with zero attached hydrogens (tertiary/aromatic N) is 2. The van der Waals surface area contributed by atoms with Crippen LogP contribution in [0.1, 0.15) is 62.7 Å². The first-order valence-electron chi connectivity index (χ1n) is 8.04. The average molecular weight is 291 g/mol. The Bertz CT molecular complexity index is 449. The molecule has 0 unspecified atom stereocenters. The van der Waals surface area contributed by atoms with Crippen LogP contribution in [0, 0.1) is 12.3 Å². The molecule has 1 aliphatic rings. The zero-order valence-corrected chi connectivity index (χ0v) is 13.9. The molecule has 1 heterocycles. The third-order valence-electron chi connectivity index (χ3n) is 4.42. The van der Waals surface area contributed by atoms with Gasteiger partial charge in [-0.05, 0) is 44.1 Å². The number of rotatable bonds is 6. The van der Waals surface area contributed by atoms with Gasteiger partial charge in [0, 0.05) is 31.8 Å². The highest BCUT2D eigenvalue weighted by Gasteiger charge is 2.29. The molecule has 4 heteroatoms. The molecule has 0 radical (unpaired) electrons. The van der Waals surface area contributed by atoms with Crippen LogP contribution in [0.25, 0.3) is 0 Å². The van der Waals surface area contributed by atoms with E-state index >= 15 is 0 Å². The molecule has 4 nitrogen and oxygen atoms in total. The Labute approximate surface area is 128 Å². The van der Waals surface area contributed by atoms with Gasteiger partial charge in [0.1, 0.15) is 5.82 Å². The summed E-state index contributed by atoms with van der Waals surface area (Å²) in [6.07, 6.45) is 4.98. The Morgan fingerprint density at radius 3 is 2.67 bits per heavy atom. The van der Waals surface area contributed by atoms with Gasteiger partial charge in [0.2, 0.25) is 0 Å². The third kappa shape index (κ3) is 5.04. The fourth-order valence-electron chi connectivity index (χ4n) is 2.98. The van der Waals surface area contributed by atoms with Gasteiger partial charge in [0.15, 0.2) is 0 Å². The molecule has 1 aliphatic carbocycles. The molecule has 0 bridgehead atoms. The van der Waals surface area contributed by atoms with Gasteiger partial charge >= 0.3 is 0 Å². The predicted octanol–water partition coefficient (Wildman–Crippen LogP) is 3.20. The maximum absolute atomic E-state index is 5.05. The number of aromatic nitrogens is 2. The molecule has 0 atom stereocenters. The van der Waals surface area contributed by atoms with Crippen molar-refractivity contribution in [2.45, 2.75) is 58.9 Å². The summed E-state index contributed by atoms with van der Waals surface area (Å²) < 4.78 is 5.05. The molecule has 1 fully saturated rings. The van der Waals surface area contributed by atoms with Crippen LogP contribution in [0.5, 0.6) is 0 Å². The highest BCUT2D eigenvalue weighted by Crippen LogP contribution is 2.41. The van der Waals surface area contributed by atoms with Crippen LogP contribution in [0.3, 0.4) is 0 Å². The Morgan fingerprint density at radius 2 is 2.00 bits per heavy atom. The second kappa shape index (κ2) is 7.32. The maximum atomic E-state index is 5.05. The average Bonchev–Trinajstić information content (AvgIpc) is 2.43. The lowest BCUT2D eigenvalue weighted by Crippen LogP contribution is -2.23. The first-order chi connectivity index (χ1) is 10.00. The van der Waals surface area contributed by atoms with Crippen LogP contribution in [0.2, 0.25) is 0 Å². The molecule has 1 N–H and O–H groups in total. The molecule has 118 valence electrons. The molecule has 0 saturated heterocycles. The van der Waals surface area contributed by atoms with Crippen LogP contribution in [-0.2, 0) is 11.3 Å². The van der Waals surface area contributed by atoms with Gasteiger partial charge in [0.25, 0.3) is 0 Å². The van der Waals surface area contributed by atoms with Crippen LogP contribution >= 0.6 is 0 Å². The quantitative estimate of drug-likeness (QED) is 0.818. The van der Waals surface area contributed by atoms with Crippen molar-refractivity contribution < 1.29 is 4.74 Å². The molecule has 0 aliphatic heterocycles. The largest absolute Gasteiger partial charge is 0.383 e. The summed E-state index contributed by atoms with van der Waals surface area (Å²) >= 11 is 0. The molecule has 21 heavy (non-hydrogen) atoms. The van der Waals surface area contributed by atoms with Crippen LogP contribution in [0.4, 0.5) is 0 Å². The van der Waals surface area contributed by atoms with E-state index < -0.39 is 0 Å². The summed E-state index contributed by atoms with van der Waals surface area (Å²) in [6.45, 7) is 9.17. The Morgan fingerprint density at radius 1 is 1.29 bits per heavy atom. The number of ether oxygens (including phenoxy) is 1. The second-order valence-electron chi connectivity index (χ2n) is 6.97. The monoisotopic (exact) mass is 291 g/mol. The molecular weight excluding hydrogens is 262 g/mol. The van der Waals surface area contributed by atoms with Crippen LogP contribution < -0.4 is 5.32 Å². The SMILES string of the molecule is COCCNCc1cc(C)nc(C2CCC(C)(C)CC2)n1. The lowest BCUT2D eigenvalue weighted by molar-refractivity contribution is 0.199. The zero-order valence-electron chi connectivity index (χ0n) is 13.9. The lowest BCUT2D eigenvalue weighted by atomic mass is 9.73. The van der Waals surface area contributed by atoms with E-state index in [2.05, 4.69) is 37.1 Å². The first kappa shape index (κ1) is 16.4. The highest BCUT2D eigenvalue weighted by atomic mass is 16.5. The first-order valence-corrected chi connectivity index (χ1v) is 8.04. The number of methoxy groups -OCH3 is 1. The van der Waals surface area contributed by atoms with Gasteiger partial charge in [-0.1, -0.05) is 13.8 Å². The van der Waals surface area contributed by atoms with Gasteiger partial charge in [-0.15, -0.1) is 0 Å². The normalized spacial score (nSPS) is 18.9. The minimum Gasteiger partial charge on any atom is -0.383 e. The summed E-state index contributed by atoms with van der Waals surface area (Å²) in [4.78, 5) is 9.47. The fraction of sp³-hybridized carbons (Fsp3) is 0.765. The minimum atomic E-state index is 0.491. The van der Waals surface area contributed by atoms with Gasteiger partial charge in [-0.2, -0.15) is 0 Å². The maximum Gasteiger partial charge on any atom is 0.131 e. The van der Waals surface area contributed by atoms with Gasteiger partial charge in [0.05, 0.1) is 12.3 Å². The van der Waals surface area contributed by atoms with Crippen molar-refractivity contribution in [1.29, 1.82) is 0 Å². The lowest BCUT2D eigenvalue weighted by Gasteiger charge is -2.33. The summed E-state index contributed by atoms with van der Waals surface area (Å²) in [5.41, 5.74) is 2.66. The van der Waals surface area contributed by atoms with Crippen molar-refractivity contribution >= 4 is 0 Å². The van der Waals surface area contributed by atoms with E-state index in [1.807, 2.05) is 0 Å². The minimum absolute atomic E-state index is 0.491. The molecule has 1 aromatic rings. The van der Waals surface area contributed by atoms with E-state index in [9.17, 15) is 0 Å². The molecule has 0 aromatic carbocycles. The zero-order chi connectivity index (χ0) is 15.3. The summed E-state index contributed by atoms with van der Waals surface area (Å²) in [5, 5.41) is 3.36. The fourth-order valence-corrected chi connectivity index (χ4v) is 2.98. The van der Waals surface area contributed by atoms with Crippen molar-refractivity contribution in [3.63, 3.8) is 0 Å². The van der Waals surface area contributed by atoms with Crippen LogP contribution in [-0.4, -0.2) is 30.2 Å². The smallest absolute Gasteiger partial charge is 0.131 e. The van der Waals surface area contributed by atoms with Crippen molar-refractivity contribution in [2.24, 2.45) is 5.41 Å². The summed E-state index contributed by atoms with van der Waals surface area (Å²) in [6, 6.07) is 2.08. The van der Waals surface area contributed by atoms with E-state index in [1.165, 1.54) is 25.7 Å². The van der Waals surface area contributed by atoms with Crippen molar-refractivity contribution in [3.8, 4) is 0 Å². The summed E-state index contributed by atoms with van der Waals surface area (Å²) in [7, 11) is 1.72. The van der Waals surface area contributed by atoms with Crippen molar-refractivity contribution in [1.82, 2.24) is 15.3 Å². The third-order valence-corrected chi connectivity index (χ3v) is 4.42. The topological polar surface area (TPSA) is 47.0 Å². The molecule has 0 amide bonds. The van der Waals surface area contributed by atoms with Gasteiger partial charge in [-0.3, -0.25) is 0 Å². The van der Waals surface area contributed by atoms with E-state index in [4.69, 9.17) is 9.72 Å². The molecule has 1 aromatic heterocycles. The Balaban J connectivity index is 1.98. The van der Waals surface area contributed by atoms with E-state index in [1.54, 1.807) is 7.11 Å². The van der Waals surface area contributed by atoms with E-state index in [0.29, 0.717) is 11.3 Å². The molecular formula is C17H29N3O. The standard InChI is InChI=1S/C17H29N3O/c1-13-11-15(12-18-9-10-21-4)20-16(19-13)14-5-7-17(2,3)8-6-14/h11,14,18H,5-10,12H2,1-4H3. The summed E-state index contributed by atoms with van der Waals surface area (Å²) in [5.74, 6) is 1.59. The van der Waals surface area contributed by atoms with Crippen LogP contribution in [0.15, 0.2) is 6.07 Å². The number of hydrogen-bond acceptors (Lipinski definition) is 4. The highest BCUT2D eigenvalue weighted by molar-refractivity contribution is 5.13. The number of nitrogens with one attached hydrogen (secondary N) is 1.